The lowest BCUT2D eigenvalue weighted by Crippen LogP contribution is -1.99. The third-order valence-electron chi connectivity index (χ3n) is 1.78. The molecule has 94 valence electrons. The highest BCUT2D eigenvalue weighted by Gasteiger charge is 2.21. The van der Waals surface area contributed by atoms with Crippen LogP contribution >= 0.6 is 7.60 Å². The maximum atomic E-state index is 12.0. The van der Waals surface area contributed by atoms with E-state index in [9.17, 15) is 4.57 Å². The van der Waals surface area contributed by atoms with Gasteiger partial charge in [0.15, 0.2) is 0 Å². The normalized spacial score (nSPS) is 13.6. The molecule has 0 unspecified atom stereocenters. The van der Waals surface area contributed by atoms with Gasteiger partial charge in [-0.2, -0.15) is 0 Å². The molecule has 0 fully saturated rings. The SMILES string of the molecule is CCOP(=O)(C/C=C/C(CC)=N\O)OCC. The second kappa shape index (κ2) is 8.50. The Labute approximate surface area is 96.7 Å². The lowest BCUT2D eigenvalue weighted by molar-refractivity contribution is 0.222. The molecule has 0 aromatic carbocycles. The molecule has 6 heteroatoms. The molecule has 0 aliphatic carbocycles. The fourth-order valence-corrected chi connectivity index (χ4v) is 2.51. The van der Waals surface area contributed by atoms with Gasteiger partial charge in [0.1, 0.15) is 0 Å². The van der Waals surface area contributed by atoms with Crippen molar-refractivity contribution in [2.45, 2.75) is 27.2 Å². The molecule has 0 saturated carbocycles. The maximum absolute atomic E-state index is 12.0. The van der Waals surface area contributed by atoms with Gasteiger partial charge in [-0.1, -0.05) is 18.2 Å². The summed E-state index contributed by atoms with van der Waals surface area (Å²) in [6, 6.07) is 0. The van der Waals surface area contributed by atoms with Gasteiger partial charge in [-0.3, -0.25) is 4.57 Å². The van der Waals surface area contributed by atoms with Crippen LogP contribution in [-0.2, 0) is 13.6 Å². The first kappa shape index (κ1) is 15.4. The molecule has 0 rings (SSSR count). The van der Waals surface area contributed by atoms with Gasteiger partial charge >= 0.3 is 7.60 Å². The Morgan fingerprint density at radius 1 is 1.31 bits per heavy atom. The van der Waals surface area contributed by atoms with Crippen LogP contribution in [0.5, 0.6) is 0 Å². The predicted molar refractivity (Wildman–Crippen MR) is 64.4 cm³/mol. The zero-order valence-electron chi connectivity index (χ0n) is 10.0. The molecule has 16 heavy (non-hydrogen) atoms. The smallest absolute Gasteiger partial charge is 0.334 e. The predicted octanol–water partition coefficient (Wildman–Crippen LogP) is 3.05. The summed E-state index contributed by atoms with van der Waals surface area (Å²) in [6.45, 7) is 6.09. The van der Waals surface area contributed by atoms with Crippen molar-refractivity contribution >= 4 is 13.3 Å². The van der Waals surface area contributed by atoms with Gasteiger partial charge in [0.2, 0.25) is 0 Å². The first-order chi connectivity index (χ1) is 7.61. The van der Waals surface area contributed by atoms with E-state index in [1.54, 1.807) is 26.0 Å². The molecule has 0 aromatic heterocycles. The van der Waals surface area contributed by atoms with Gasteiger partial charge in [0.05, 0.1) is 25.1 Å². The number of hydrogen-bond donors (Lipinski definition) is 1. The summed E-state index contributed by atoms with van der Waals surface area (Å²) in [4.78, 5) is 0. The molecule has 0 radical (unpaired) electrons. The largest absolute Gasteiger partial charge is 0.411 e. The van der Waals surface area contributed by atoms with Crippen molar-refractivity contribution in [1.82, 2.24) is 0 Å². The van der Waals surface area contributed by atoms with Crippen molar-refractivity contribution in [3.63, 3.8) is 0 Å². The summed E-state index contributed by atoms with van der Waals surface area (Å²) >= 11 is 0. The van der Waals surface area contributed by atoms with Crippen LogP contribution in [0.4, 0.5) is 0 Å². The Kier molecular flexibility index (Phi) is 8.16. The van der Waals surface area contributed by atoms with E-state index in [1.165, 1.54) is 0 Å². The second-order valence-corrected chi connectivity index (χ2v) is 5.08. The molecule has 1 N–H and O–H groups in total. The fourth-order valence-electron chi connectivity index (χ4n) is 1.08. The third-order valence-corrected chi connectivity index (χ3v) is 3.74. The van der Waals surface area contributed by atoms with E-state index in [0.717, 1.165) is 0 Å². The van der Waals surface area contributed by atoms with E-state index in [-0.39, 0.29) is 6.16 Å². The minimum absolute atomic E-state index is 0.188. The minimum Gasteiger partial charge on any atom is -0.411 e. The summed E-state index contributed by atoms with van der Waals surface area (Å²) in [5.41, 5.74) is 0.527. The topological polar surface area (TPSA) is 68.1 Å². The molecule has 0 amide bonds. The molecule has 5 nitrogen and oxygen atoms in total. The maximum Gasteiger partial charge on any atom is 0.334 e. The number of hydrogen-bond acceptors (Lipinski definition) is 5. The van der Waals surface area contributed by atoms with Crippen molar-refractivity contribution in [2.24, 2.45) is 5.16 Å². The highest BCUT2D eigenvalue weighted by atomic mass is 31.2. The molecular weight excluding hydrogens is 229 g/mol. The lowest BCUT2D eigenvalue weighted by Gasteiger charge is -2.14. The monoisotopic (exact) mass is 249 g/mol. The minimum atomic E-state index is -3.02. The van der Waals surface area contributed by atoms with E-state index < -0.39 is 7.60 Å². The Bertz CT molecular complexity index is 279. The van der Waals surface area contributed by atoms with Gasteiger partial charge in [-0.05, 0) is 26.3 Å². The van der Waals surface area contributed by atoms with Crippen LogP contribution in [0.25, 0.3) is 0 Å². The summed E-state index contributed by atoms with van der Waals surface area (Å²) in [5.74, 6) is 0. The van der Waals surface area contributed by atoms with E-state index >= 15 is 0 Å². The van der Waals surface area contributed by atoms with Gasteiger partial charge in [-0.25, -0.2) is 0 Å². The van der Waals surface area contributed by atoms with Crippen LogP contribution in [0.2, 0.25) is 0 Å². The van der Waals surface area contributed by atoms with Crippen molar-refractivity contribution in [1.29, 1.82) is 0 Å². The van der Waals surface area contributed by atoms with Crippen LogP contribution in [0.1, 0.15) is 27.2 Å². The zero-order chi connectivity index (χ0) is 12.4. The van der Waals surface area contributed by atoms with E-state index in [2.05, 4.69) is 5.16 Å². The van der Waals surface area contributed by atoms with Gasteiger partial charge in [-0.15, -0.1) is 0 Å². The Balaban J connectivity index is 4.37. The molecule has 0 aliphatic heterocycles. The summed E-state index contributed by atoms with van der Waals surface area (Å²) in [7, 11) is -3.02. The molecule has 0 heterocycles. The van der Waals surface area contributed by atoms with E-state index in [0.29, 0.717) is 25.3 Å². The third kappa shape index (κ3) is 6.05. The van der Waals surface area contributed by atoms with Crippen LogP contribution in [0.3, 0.4) is 0 Å². The van der Waals surface area contributed by atoms with Gasteiger partial charge < -0.3 is 14.3 Å². The molecule has 0 bridgehead atoms. The highest BCUT2D eigenvalue weighted by Crippen LogP contribution is 2.47. The standard InChI is InChI=1S/C10H20NO4P/c1-4-10(11-12)8-7-9-16(13,14-5-2)15-6-3/h7-8,12H,4-6,9H2,1-3H3/b8-7+,11-10-. The molecule has 0 aliphatic rings. The zero-order valence-corrected chi connectivity index (χ0v) is 10.9. The van der Waals surface area contributed by atoms with Crippen molar-refractivity contribution in [2.75, 3.05) is 19.4 Å². The van der Waals surface area contributed by atoms with Crippen molar-refractivity contribution in [3.8, 4) is 0 Å². The Morgan fingerprint density at radius 3 is 2.25 bits per heavy atom. The first-order valence-electron chi connectivity index (χ1n) is 5.37. The summed E-state index contributed by atoms with van der Waals surface area (Å²) < 4.78 is 22.2. The van der Waals surface area contributed by atoms with E-state index in [4.69, 9.17) is 14.3 Å². The average Bonchev–Trinajstić information content (AvgIpc) is 2.25. The first-order valence-corrected chi connectivity index (χ1v) is 7.10. The number of oxime groups is 1. The van der Waals surface area contributed by atoms with Crippen LogP contribution in [-0.4, -0.2) is 30.3 Å². The number of rotatable bonds is 8. The molecule has 0 spiro atoms. The molecule has 0 atom stereocenters. The van der Waals surface area contributed by atoms with Crippen LogP contribution in [0.15, 0.2) is 17.3 Å². The van der Waals surface area contributed by atoms with Gasteiger partial charge in [0, 0.05) is 0 Å². The molecule has 0 saturated heterocycles. The van der Waals surface area contributed by atoms with Crippen LogP contribution in [0, 0.1) is 0 Å². The van der Waals surface area contributed by atoms with Crippen molar-refractivity contribution < 1.29 is 18.8 Å². The second-order valence-electron chi connectivity index (χ2n) is 2.98. The Hall–Kier alpha value is -0.640. The lowest BCUT2D eigenvalue weighted by atomic mass is 10.3. The summed E-state index contributed by atoms with van der Waals surface area (Å²) in [5, 5.41) is 11.6. The van der Waals surface area contributed by atoms with Crippen LogP contribution < -0.4 is 0 Å². The highest BCUT2D eigenvalue weighted by molar-refractivity contribution is 7.54. The quantitative estimate of drug-likeness (QED) is 0.310. The number of nitrogens with zero attached hydrogens (tertiary/aromatic N) is 1. The van der Waals surface area contributed by atoms with Gasteiger partial charge in [0.25, 0.3) is 0 Å². The summed E-state index contributed by atoms with van der Waals surface area (Å²) in [6.07, 6.45) is 4.06. The number of allylic oxidation sites excluding steroid dienone is 2. The molecular formula is C10H20NO4P. The Morgan fingerprint density at radius 2 is 1.88 bits per heavy atom. The van der Waals surface area contributed by atoms with E-state index in [1.807, 2.05) is 6.92 Å². The fraction of sp³-hybridized carbons (Fsp3) is 0.700. The molecule has 0 aromatic rings. The average molecular weight is 249 g/mol. The van der Waals surface area contributed by atoms with Crippen molar-refractivity contribution in [3.05, 3.63) is 12.2 Å².